The lowest BCUT2D eigenvalue weighted by molar-refractivity contribution is -0.147. The van der Waals surface area contributed by atoms with Crippen LogP contribution in [0.25, 0.3) is 0 Å². The molecular formula is C31H46O4. The molecule has 0 aromatic heterocycles. The van der Waals surface area contributed by atoms with Gasteiger partial charge in [-0.15, -0.1) is 0 Å². The number of aliphatic hydroxyl groups is 2. The summed E-state index contributed by atoms with van der Waals surface area (Å²) >= 11 is 0. The third-order valence-corrected chi connectivity index (χ3v) is 9.35. The lowest BCUT2D eigenvalue weighted by atomic mass is 9.61. The topological polar surface area (TPSA) is 66.8 Å². The standard InChI is InChI=1S/C31H46O4/c1-5-7-30(34)35-29(23-11-12-23)16-9-20(2)26-14-15-27-22(8-6-17-31(26,27)4)10-13-24-18-25(32)19-28(33)21(24)3/h9-10,13,16,20,23,25-29,32-33H,3,5-8,11-12,14-15,17-19H2,1-2,4H3/b16-9+,22-10+,24-13-/t20-,25-,26-,27+,28+,29+,31-/m1/s1. The summed E-state index contributed by atoms with van der Waals surface area (Å²) < 4.78 is 5.81. The van der Waals surface area contributed by atoms with Crippen molar-refractivity contribution in [3.8, 4) is 0 Å². The van der Waals surface area contributed by atoms with E-state index in [2.05, 4.69) is 44.7 Å². The fourth-order valence-electron chi connectivity index (χ4n) is 7.16. The number of rotatable bonds is 8. The Morgan fingerprint density at radius 1 is 1.20 bits per heavy atom. The van der Waals surface area contributed by atoms with Crippen molar-refractivity contribution in [2.45, 2.75) is 110 Å². The molecule has 4 rings (SSSR count). The Hall–Kier alpha value is -1.65. The summed E-state index contributed by atoms with van der Waals surface area (Å²) in [6.45, 7) is 10.9. The molecule has 0 aromatic carbocycles. The minimum Gasteiger partial charge on any atom is -0.458 e. The van der Waals surface area contributed by atoms with Gasteiger partial charge in [0.2, 0.25) is 0 Å². The Bertz CT molecular complexity index is 878. The van der Waals surface area contributed by atoms with E-state index in [4.69, 9.17) is 4.74 Å². The highest BCUT2D eigenvalue weighted by Crippen LogP contribution is 2.59. The quantitative estimate of drug-likeness (QED) is 0.308. The minimum atomic E-state index is -0.635. The summed E-state index contributed by atoms with van der Waals surface area (Å²) in [6, 6.07) is 0. The van der Waals surface area contributed by atoms with Crippen LogP contribution < -0.4 is 0 Å². The molecule has 0 spiro atoms. The highest BCUT2D eigenvalue weighted by molar-refractivity contribution is 5.69. The monoisotopic (exact) mass is 482 g/mol. The largest absolute Gasteiger partial charge is 0.458 e. The van der Waals surface area contributed by atoms with Gasteiger partial charge < -0.3 is 14.9 Å². The van der Waals surface area contributed by atoms with Crippen molar-refractivity contribution in [1.82, 2.24) is 0 Å². The third-order valence-electron chi connectivity index (χ3n) is 9.35. The zero-order valence-electron chi connectivity index (χ0n) is 22.0. The number of hydrogen-bond donors (Lipinski definition) is 2. The Kier molecular flexibility index (Phi) is 8.43. The molecule has 4 nitrogen and oxygen atoms in total. The Labute approximate surface area is 212 Å². The number of ether oxygens (including phenoxy) is 1. The number of fused-ring (bicyclic) bond motifs is 1. The van der Waals surface area contributed by atoms with E-state index in [1.807, 2.05) is 6.92 Å². The maximum absolute atomic E-state index is 12.1. The molecule has 0 amide bonds. The van der Waals surface area contributed by atoms with Crippen molar-refractivity contribution < 1.29 is 19.7 Å². The van der Waals surface area contributed by atoms with Crippen LogP contribution >= 0.6 is 0 Å². The van der Waals surface area contributed by atoms with E-state index in [1.165, 1.54) is 31.3 Å². The average molecular weight is 483 g/mol. The van der Waals surface area contributed by atoms with Crippen molar-refractivity contribution in [2.24, 2.45) is 29.1 Å². The van der Waals surface area contributed by atoms with E-state index in [0.717, 1.165) is 36.8 Å². The van der Waals surface area contributed by atoms with Crippen LogP contribution in [0.1, 0.15) is 91.4 Å². The van der Waals surface area contributed by atoms with Crippen molar-refractivity contribution in [3.63, 3.8) is 0 Å². The number of esters is 1. The zero-order valence-corrected chi connectivity index (χ0v) is 22.0. The van der Waals surface area contributed by atoms with E-state index < -0.39 is 12.2 Å². The van der Waals surface area contributed by atoms with Crippen LogP contribution in [0.2, 0.25) is 0 Å². The summed E-state index contributed by atoms with van der Waals surface area (Å²) in [5.41, 5.74) is 3.56. The number of aliphatic hydroxyl groups excluding tert-OH is 2. The predicted octanol–water partition coefficient (Wildman–Crippen LogP) is 6.44. The molecule has 0 aliphatic heterocycles. The van der Waals surface area contributed by atoms with Gasteiger partial charge >= 0.3 is 5.97 Å². The van der Waals surface area contributed by atoms with Gasteiger partial charge in [0.05, 0.1) is 12.2 Å². The van der Waals surface area contributed by atoms with Crippen LogP contribution in [0, 0.1) is 29.1 Å². The van der Waals surface area contributed by atoms with Crippen molar-refractivity contribution in [1.29, 1.82) is 0 Å². The molecule has 4 fully saturated rings. The summed E-state index contributed by atoms with van der Waals surface area (Å²) in [7, 11) is 0. The van der Waals surface area contributed by atoms with Gasteiger partial charge in [0.1, 0.15) is 6.10 Å². The molecule has 4 heteroatoms. The Morgan fingerprint density at radius 3 is 2.69 bits per heavy atom. The van der Waals surface area contributed by atoms with Crippen LogP contribution in [-0.2, 0) is 9.53 Å². The molecule has 0 aromatic rings. The molecule has 7 atom stereocenters. The van der Waals surface area contributed by atoms with Crippen molar-refractivity contribution in [3.05, 3.63) is 47.6 Å². The second-order valence-corrected chi connectivity index (χ2v) is 11.9. The van der Waals surface area contributed by atoms with Crippen LogP contribution in [-0.4, -0.2) is 34.5 Å². The van der Waals surface area contributed by atoms with Gasteiger partial charge in [-0.3, -0.25) is 4.79 Å². The number of allylic oxidation sites excluding steroid dienone is 4. The summed E-state index contributed by atoms with van der Waals surface area (Å²) in [6.07, 6.45) is 18.5. The maximum atomic E-state index is 12.1. The van der Waals surface area contributed by atoms with E-state index >= 15 is 0 Å². The highest BCUT2D eigenvalue weighted by atomic mass is 16.5. The van der Waals surface area contributed by atoms with E-state index in [-0.39, 0.29) is 17.5 Å². The fraction of sp³-hybridized carbons (Fsp3) is 0.710. The van der Waals surface area contributed by atoms with Crippen LogP contribution in [0.3, 0.4) is 0 Å². The summed E-state index contributed by atoms with van der Waals surface area (Å²) in [5, 5.41) is 20.3. The molecule has 0 heterocycles. The number of carbonyl (C=O) groups is 1. The molecule has 0 unspecified atom stereocenters. The van der Waals surface area contributed by atoms with Gasteiger partial charge in [0.25, 0.3) is 0 Å². The average Bonchev–Trinajstić information content (AvgIpc) is 3.59. The van der Waals surface area contributed by atoms with E-state index in [9.17, 15) is 15.0 Å². The fourth-order valence-corrected chi connectivity index (χ4v) is 7.16. The number of hydrogen-bond acceptors (Lipinski definition) is 4. The molecule has 4 aliphatic carbocycles. The molecular weight excluding hydrogens is 436 g/mol. The van der Waals surface area contributed by atoms with Gasteiger partial charge in [-0.1, -0.05) is 51.2 Å². The van der Waals surface area contributed by atoms with Gasteiger partial charge in [0, 0.05) is 12.8 Å². The first-order valence-electron chi connectivity index (χ1n) is 14.1. The molecule has 4 saturated carbocycles. The Balaban J connectivity index is 1.45. The SMILES string of the molecule is C=C1/C(=C\C=C2/CCC[C@]3(C)[C@@H]([C@H](C)/C=C/[C@H](OC(=O)CCC)C4CC4)CC[C@@H]23)C[C@@H](O)C[C@@H]1O. The molecule has 0 radical (unpaired) electrons. The highest BCUT2D eigenvalue weighted by Gasteiger charge is 2.50. The van der Waals surface area contributed by atoms with Crippen LogP contribution in [0.5, 0.6) is 0 Å². The normalized spacial score (nSPS) is 37.6. The second kappa shape index (κ2) is 11.2. The lowest BCUT2D eigenvalue weighted by Gasteiger charge is -2.44. The van der Waals surface area contributed by atoms with Crippen molar-refractivity contribution in [2.75, 3.05) is 0 Å². The first-order valence-corrected chi connectivity index (χ1v) is 14.1. The first kappa shape index (κ1) is 26.4. The maximum Gasteiger partial charge on any atom is 0.306 e. The summed E-state index contributed by atoms with van der Waals surface area (Å²) in [4.78, 5) is 12.1. The number of carbonyl (C=O) groups excluding carboxylic acids is 1. The van der Waals surface area contributed by atoms with Gasteiger partial charge in [-0.2, -0.15) is 0 Å². The molecule has 2 N–H and O–H groups in total. The summed E-state index contributed by atoms with van der Waals surface area (Å²) in [5.74, 6) is 2.11. The molecule has 4 aliphatic rings. The lowest BCUT2D eigenvalue weighted by Crippen LogP contribution is -2.35. The molecule has 35 heavy (non-hydrogen) atoms. The van der Waals surface area contributed by atoms with Crippen LogP contribution in [0.15, 0.2) is 47.6 Å². The minimum absolute atomic E-state index is 0.0516. The van der Waals surface area contributed by atoms with E-state index in [0.29, 0.717) is 42.9 Å². The van der Waals surface area contributed by atoms with Crippen LogP contribution in [0.4, 0.5) is 0 Å². The first-order chi connectivity index (χ1) is 16.7. The predicted molar refractivity (Wildman–Crippen MR) is 141 cm³/mol. The smallest absolute Gasteiger partial charge is 0.306 e. The van der Waals surface area contributed by atoms with Gasteiger partial charge in [-0.25, -0.2) is 0 Å². The molecule has 194 valence electrons. The van der Waals surface area contributed by atoms with Crippen molar-refractivity contribution >= 4 is 5.97 Å². The van der Waals surface area contributed by atoms with E-state index in [1.54, 1.807) is 0 Å². The van der Waals surface area contributed by atoms with Gasteiger partial charge in [0.15, 0.2) is 0 Å². The Morgan fingerprint density at radius 2 is 1.97 bits per heavy atom. The molecule has 0 saturated heterocycles. The second-order valence-electron chi connectivity index (χ2n) is 11.9. The molecule has 0 bridgehead atoms. The third kappa shape index (κ3) is 6.02. The van der Waals surface area contributed by atoms with Gasteiger partial charge in [-0.05, 0) is 104 Å². The zero-order chi connectivity index (χ0) is 25.2.